The van der Waals surface area contributed by atoms with E-state index in [1.54, 1.807) is 13.4 Å². The van der Waals surface area contributed by atoms with Crippen LogP contribution in [-0.4, -0.2) is 22.5 Å². The number of aromatic nitrogens is 2. The van der Waals surface area contributed by atoms with Crippen molar-refractivity contribution < 1.29 is 4.74 Å². The van der Waals surface area contributed by atoms with Gasteiger partial charge in [-0.05, 0) is 29.8 Å². The lowest BCUT2D eigenvalue weighted by molar-refractivity contribution is 0.413. The first-order chi connectivity index (χ1) is 10.2. The minimum atomic E-state index is 0.151. The first-order valence-electron chi connectivity index (χ1n) is 6.61. The summed E-state index contributed by atoms with van der Waals surface area (Å²) in [5, 5.41) is 7.37. The van der Waals surface area contributed by atoms with Crippen LogP contribution in [0.4, 0.5) is 0 Å². The maximum absolute atomic E-state index is 7.37. The van der Waals surface area contributed by atoms with E-state index in [4.69, 9.17) is 15.9 Å². The maximum Gasteiger partial charge on any atom is 0.142 e. The van der Waals surface area contributed by atoms with E-state index in [2.05, 4.69) is 4.98 Å². The molecular weight excluding hydrogens is 264 g/mol. The van der Waals surface area contributed by atoms with Crippen LogP contribution < -0.4 is 10.5 Å². The summed E-state index contributed by atoms with van der Waals surface area (Å²) in [4.78, 5) is 4.43. The summed E-state index contributed by atoms with van der Waals surface area (Å²) in [7, 11) is 1.66. The number of para-hydroxylation sites is 2. The Kier molecular flexibility index (Phi) is 3.31. The highest BCUT2D eigenvalue weighted by atomic mass is 16.5. The average molecular weight is 280 g/mol. The zero-order chi connectivity index (χ0) is 14.8. The third kappa shape index (κ3) is 2.45. The Balaban J connectivity index is 2.10. The molecule has 0 radical (unpaired) electrons. The standard InChI is InChI=1S/C16H16N4O/c1-21-15-5-3-2-4-14(15)20-10-19-12-8-11(9-16(17)18)6-7-13(12)20/h2-8,10H,9H2,1H3,(H3,17,18). The molecule has 0 amide bonds. The Morgan fingerprint density at radius 1 is 1.29 bits per heavy atom. The van der Waals surface area contributed by atoms with Crippen LogP contribution in [-0.2, 0) is 6.42 Å². The van der Waals surface area contributed by atoms with Crippen LogP contribution in [0.3, 0.4) is 0 Å². The molecule has 5 heteroatoms. The van der Waals surface area contributed by atoms with Gasteiger partial charge in [-0.25, -0.2) is 4.98 Å². The minimum absolute atomic E-state index is 0.151. The molecule has 0 unspecified atom stereocenters. The van der Waals surface area contributed by atoms with Crippen LogP contribution >= 0.6 is 0 Å². The highest BCUT2D eigenvalue weighted by Gasteiger charge is 2.09. The van der Waals surface area contributed by atoms with E-state index in [9.17, 15) is 0 Å². The maximum atomic E-state index is 7.37. The molecule has 21 heavy (non-hydrogen) atoms. The predicted octanol–water partition coefficient (Wildman–Crippen LogP) is 2.51. The summed E-state index contributed by atoms with van der Waals surface area (Å²) in [5.74, 6) is 0.947. The number of nitrogens with zero attached hydrogens (tertiary/aromatic N) is 2. The Bertz CT molecular complexity index is 807. The third-order valence-corrected chi connectivity index (χ3v) is 3.35. The Labute approximate surface area is 122 Å². The predicted molar refractivity (Wildman–Crippen MR) is 83.2 cm³/mol. The van der Waals surface area contributed by atoms with E-state index < -0.39 is 0 Å². The number of hydrogen-bond acceptors (Lipinski definition) is 3. The van der Waals surface area contributed by atoms with Crippen molar-refractivity contribution in [1.82, 2.24) is 9.55 Å². The number of rotatable bonds is 4. The number of nitrogens with two attached hydrogens (primary N) is 1. The number of imidazole rings is 1. The van der Waals surface area contributed by atoms with Gasteiger partial charge in [0.1, 0.15) is 12.1 Å². The second kappa shape index (κ2) is 5.28. The minimum Gasteiger partial charge on any atom is -0.495 e. The summed E-state index contributed by atoms with van der Waals surface area (Å²) in [6.07, 6.45) is 2.22. The van der Waals surface area contributed by atoms with Crippen LogP contribution in [0.15, 0.2) is 48.8 Å². The number of fused-ring (bicyclic) bond motifs is 1. The van der Waals surface area contributed by atoms with Crippen molar-refractivity contribution in [3.8, 4) is 11.4 Å². The number of hydrogen-bond donors (Lipinski definition) is 2. The van der Waals surface area contributed by atoms with Crippen molar-refractivity contribution >= 4 is 16.9 Å². The molecule has 106 valence electrons. The van der Waals surface area contributed by atoms with Crippen molar-refractivity contribution in [2.24, 2.45) is 5.73 Å². The quantitative estimate of drug-likeness (QED) is 0.569. The summed E-state index contributed by atoms with van der Waals surface area (Å²) in [6.45, 7) is 0. The van der Waals surface area contributed by atoms with E-state index in [-0.39, 0.29) is 5.84 Å². The number of methoxy groups -OCH3 is 1. The number of nitrogens with one attached hydrogen (secondary N) is 1. The highest BCUT2D eigenvalue weighted by molar-refractivity contribution is 5.83. The summed E-state index contributed by atoms with van der Waals surface area (Å²) in [6, 6.07) is 13.7. The van der Waals surface area contributed by atoms with E-state index in [0.29, 0.717) is 6.42 Å². The van der Waals surface area contributed by atoms with Gasteiger partial charge < -0.3 is 10.5 Å². The van der Waals surface area contributed by atoms with Crippen LogP contribution in [0.1, 0.15) is 5.56 Å². The molecule has 0 aliphatic carbocycles. The largest absolute Gasteiger partial charge is 0.495 e. The van der Waals surface area contributed by atoms with Gasteiger partial charge in [-0.15, -0.1) is 0 Å². The molecule has 1 heterocycles. The molecule has 3 aromatic rings. The lowest BCUT2D eigenvalue weighted by Crippen LogP contribution is -2.12. The van der Waals surface area contributed by atoms with Crippen molar-refractivity contribution in [2.45, 2.75) is 6.42 Å². The van der Waals surface area contributed by atoms with E-state index >= 15 is 0 Å². The molecule has 0 spiro atoms. The SMILES string of the molecule is COc1ccccc1-n1cnc2cc(CC(=N)N)ccc21. The Morgan fingerprint density at radius 2 is 2.10 bits per heavy atom. The molecule has 1 aromatic heterocycles. The number of ether oxygens (including phenoxy) is 1. The summed E-state index contributed by atoms with van der Waals surface area (Å²) >= 11 is 0. The first-order valence-corrected chi connectivity index (χ1v) is 6.61. The van der Waals surface area contributed by atoms with Crippen LogP contribution in [0.5, 0.6) is 5.75 Å². The topological polar surface area (TPSA) is 76.9 Å². The monoisotopic (exact) mass is 280 g/mol. The summed E-state index contributed by atoms with van der Waals surface area (Å²) in [5.41, 5.74) is 9.24. The molecule has 3 N–H and O–H groups in total. The molecular formula is C16H16N4O. The Hall–Kier alpha value is -2.82. The van der Waals surface area contributed by atoms with Crippen molar-refractivity contribution in [3.63, 3.8) is 0 Å². The van der Waals surface area contributed by atoms with Crippen LogP contribution in [0.2, 0.25) is 0 Å². The van der Waals surface area contributed by atoms with E-state index in [1.165, 1.54) is 0 Å². The lowest BCUT2D eigenvalue weighted by atomic mass is 10.1. The molecule has 2 aromatic carbocycles. The van der Waals surface area contributed by atoms with Gasteiger partial charge in [-0.2, -0.15) is 0 Å². The van der Waals surface area contributed by atoms with Gasteiger partial charge in [-0.1, -0.05) is 18.2 Å². The molecule has 5 nitrogen and oxygen atoms in total. The van der Waals surface area contributed by atoms with Gasteiger partial charge in [0, 0.05) is 6.42 Å². The Morgan fingerprint density at radius 3 is 2.86 bits per heavy atom. The van der Waals surface area contributed by atoms with Gasteiger partial charge in [0.05, 0.1) is 29.7 Å². The lowest BCUT2D eigenvalue weighted by Gasteiger charge is -2.10. The van der Waals surface area contributed by atoms with Crippen molar-refractivity contribution in [3.05, 3.63) is 54.4 Å². The molecule has 0 aliphatic heterocycles. The van der Waals surface area contributed by atoms with E-state index in [0.717, 1.165) is 28.0 Å². The molecule has 0 saturated heterocycles. The van der Waals surface area contributed by atoms with E-state index in [1.807, 2.05) is 47.0 Å². The number of amidine groups is 1. The third-order valence-electron chi connectivity index (χ3n) is 3.35. The van der Waals surface area contributed by atoms with Crippen LogP contribution in [0.25, 0.3) is 16.7 Å². The van der Waals surface area contributed by atoms with Gasteiger partial charge >= 0.3 is 0 Å². The van der Waals surface area contributed by atoms with Gasteiger partial charge in [0.15, 0.2) is 0 Å². The zero-order valence-corrected chi connectivity index (χ0v) is 11.7. The first kappa shape index (κ1) is 13.2. The zero-order valence-electron chi connectivity index (χ0n) is 11.7. The second-order valence-electron chi connectivity index (χ2n) is 4.81. The fourth-order valence-corrected chi connectivity index (χ4v) is 2.41. The normalized spacial score (nSPS) is 10.7. The fraction of sp³-hybridized carbons (Fsp3) is 0.125. The van der Waals surface area contributed by atoms with Gasteiger partial charge in [0.25, 0.3) is 0 Å². The number of benzene rings is 2. The molecule has 0 bridgehead atoms. The molecule has 0 fully saturated rings. The molecule has 0 saturated carbocycles. The van der Waals surface area contributed by atoms with Gasteiger partial charge in [-0.3, -0.25) is 9.98 Å². The van der Waals surface area contributed by atoms with Crippen molar-refractivity contribution in [2.75, 3.05) is 7.11 Å². The van der Waals surface area contributed by atoms with Crippen LogP contribution in [0, 0.1) is 5.41 Å². The highest BCUT2D eigenvalue weighted by Crippen LogP contribution is 2.26. The van der Waals surface area contributed by atoms with Gasteiger partial charge in [0.2, 0.25) is 0 Å². The molecule has 0 aliphatic rings. The molecule has 0 atom stereocenters. The summed E-state index contributed by atoms with van der Waals surface area (Å²) < 4.78 is 7.39. The smallest absolute Gasteiger partial charge is 0.142 e. The van der Waals surface area contributed by atoms with Crippen molar-refractivity contribution in [1.29, 1.82) is 5.41 Å². The average Bonchev–Trinajstić information content (AvgIpc) is 2.89. The second-order valence-corrected chi connectivity index (χ2v) is 4.81. The molecule has 3 rings (SSSR count). The fourth-order valence-electron chi connectivity index (χ4n) is 2.41.